The average Bonchev–Trinajstić information content (AvgIpc) is 2.74. The van der Waals surface area contributed by atoms with Crippen LogP contribution in [0.1, 0.15) is 53.3 Å². The molecule has 1 unspecified atom stereocenters. The van der Waals surface area contributed by atoms with Gasteiger partial charge in [0.1, 0.15) is 0 Å². The van der Waals surface area contributed by atoms with Gasteiger partial charge in [-0.3, -0.25) is 9.78 Å². The van der Waals surface area contributed by atoms with Crippen molar-refractivity contribution in [3.05, 3.63) is 65.5 Å². The second-order valence-corrected chi connectivity index (χ2v) is 7.52. The number of nitrogens with zero attached hydrogens (tertiary/aromatic N) is 2. The molecule has 1 aromatic carbocycles. The van der Waals surface area contributed by atoms with Crippen molar-refractivity contribution in [2.75, 3.05) is 26.3 Å². The van der Waals surface area contributed by atoms with Crippen LogP contribution in [-0.2, 0) is 10.2 Å². The minimum Gasteiger partial charge on any atom is -0.394 e. The second-order valence-electron chi connectivity index (χ2n) is 7.52. The fourth-order valence-electron chi connectivity index (χ4n) is 4.66. The maximum atomic E-state index is 12.7. The first-order valence-corrected chi connectivity index (χ1v) is 9.75. The first kappa shape index (κ1) is 18.1. The number of rotatable bonds is 4. The second kappa shape index (κ2) is 7.79. The fourth-order valence-corrected chi connectivity index (χ4v) is 4.66. The topological polar surface area (TPSA) is 62.7 Å². The van der Waals surface area contributed by atoms with E-state index in [4.69, 9.17) is 9.84 Å². The van der Waals surface area contributed by atoms with Crippen LogP contribution >= 0.6 is 0 Å². The smallest absolute Gasteiger partial charge is 0.253 e. The van der Waals surface area contributed by atoms with Crippen LogP contribution in [-0.4, -0.2) is 47.2 Å². The molecule has 0 saturated carbocycles. The third-order valence-corrected chi connectivity index (χ3v) is 6.11. The highest BCUT2D eigenvalue weighted by Gasteiger charge is 2.42. The van der Waals surface area contributed by atoms with E-state index in [1.54, 1.807) is 24.5 Å². The van der Waals surface area contributed by atoms with Crippen molar-refractivity contribution in [1.29, 1.82) is 0 Å². The van der Waals surface area contributed by atoms with E-state index in [0.29, 0.717) is 12.2 Å². The number of ether oxygens (including phenoxy) is 1. The molecular formula is C22H26N2O3. The van der Waals surface area contributed by atoms with E-state index >= 15 is 0 Å². The molecule has 27 heavy (non-hydrogen) atoms. The molecule has 2 heterocycles. The highest BCUT2D eigenvalue weighted by Crippen LogP contribution is 2.48. The van der Waals surface area contributed by atoms with E-state index in [2.05, 4.69) is 29.2 Å². The fraction of sp³-hybridized carbons (Fsp3) is 0.455. The minimum absolute atomic E-state index is 0.0515. The maximum Gasteiger partial charge on any atom is 0.253 e. The van der Waals surface area contributed by atoms with Gasteiger partial charge in [-0.25, -0.2) is 0 Å². The molecule has 1 saturated heterocycles. The van der Waals surface area contributed by atoms with Crippen LogP contribution in [0.25, 0.3) is 0 Å². The van der Waals surface area contributed by atoms with Gasteiger partial charge in [-0.2, -0.15) is 0 Å². The van der Waals surface area contributed by atoms with Crippen molar-refractivity contribution in [3.8, 4) is 0 Å². The monoisotopic (exact) mass is 366 g/mol. The molecule has 5 heteroatoms. The number of hydrogen-bond acceptors (Lipinski definition) is 4. The number of pyridine rings is 1. The molecule has 2 aromatic rings. The van der Waals surface area contributed by atoms with Crippen molar-refractivity contribution >= 4 is 5.91 Å². The quantitative estimate of drug-likeness (QED) is 0.903. The van der Waals surface area contributed by atoms with E-state index in [1.165, 1.54) is 11.1 Å². The predicted octanol–water partition coefficient (Wildman–Crippen LogP) is 3.10. The number of amides is 1. The Kier molecular flexibility index (Phi) is 5.23. The zero-order valence-corrected chi connectivity index (χ0v) is 15.5. The van der Waals surface area contributed by atoms with Gasteiger partial charge in [-0.05, 0) is 54.4 Å². The highest BCUT2D eigenvalue weighted by molar-refractivity contribution is 5.94. The molecule has 1 atom stereocenters. The number of hydrogen-bond donors (Lipinski definition) is 1. The minimum atomic E-state index is 0.0515. The summed E-state index contributed by atoms with van der Waals surface area (Å²) in [6.45, 7) is 1.98. The largest absolute Gasteiger partial charge is 0.394 e. The number of aromatic nitrogens is 1. The Labute approximate surface area is 160 Å². The summed E-state index contributed by atoms with van der Waals surface area (Å²) < 4.78 is 5.89. The predicted molar refractivity (Wildman–Crippen MR) is 103 cm³/mol. The zero-order chi connectivity index (χ0) is 18.7. The lowest BCUT2D eigenvalue weighted by atomic mass is 9.64. The van der Waals surface area contributed by atoms with Gasteiger partial charge >= 0.3 is 0 Å². The average molecular weight is 366 g/mol. The summed E-state index contributed by atoms with van der Waals surface area (Å²) in [5, 5.41) is 9.10. The molecule has 1 amide bonds. The Morgan fingerprint density at radius 2 is 1.89 bits per heavy atom. The molecular weight excluding hydrogens is 340 g/mol. The number of piperidine rings is 1. The van der Waals surface area contributed by atoms with Crippen LogP contribution in [0.5, 0.6) is 0 Å². The summed E-state index contributed by atoms with van der Waals surface area (Å²) in [6, 6.07) is 12.1. The van der Waals surface area contributed by atoms with Gasteiger partial charge in [0.2, 0.25) is 0 Å². The third-order valence-electron chi connectivity index (χ3n) is 6.11. The molecule has 0 bridgehead atoms. The molecule has 1 aromatic heterocycles. The van der Waals surface area contributed by atoms with Gasteiger partial charge in [0.05, 0.1) is 19.3 Å². The van der Waals surface area contributed by atoms with E-state index < -0.39 is 0 Å². The van der Waals surface area contributed by atoms with Gasteiger partial charge < -0.3 is 14.7 Å². The molecule has 1 N–H and O–H groups in total. The number of aliphatic hydroxyl groups excluding tert-OH is 1. The first-order chi connectivity index (χ1) is 13.2. The van der Waals surface area contributed by atoms with Crippen molar-refractivity contribution in [2.24, 2.45) is 0 Å². The van der Waals surface area contributed by atoms with Crippen LogP contribution in [0.3, 0.4) is 0 Å². The van der Waals surface area contributed by atoms with E-state index in [0.717, 1.165) is 38.8 Å². The number of carbonyl (C=O) groups is 1. The van der Waals surface area contributed by atoms with Crippen molar-refractivity contribution in [3.63, 3.8) is 0 Å². The van der Waals surface area contributed by atoms with Crippen LogP contribution in [0, 0.1) is 0 Å². The molecule has 1 fully saturated rings. The lowest BCUT2D eigenvalue weighted by Gasteiger charge is -2.47. The molecule has 1 aliphatic carbocycles. The zero-order valence-electron chi connectivity index (χ0n) is 15.5. The van der Waals surface area contributed by atoms with Crippen LogP contribution < -0.4 is 0 Å². The van der Waals surface area contributed by atoms with Gasteiger partial charge in [0, 0.05) is 31.0 Å². The SMILES string of the molecule is O=C(c1ccncc1)N1CCC2(CCC(OCCO)c3ccccc32)CC1. The summed E-state index contributed by atoms with van der Waals surface area (Å²) in [4.78, 5) is 18.7. The summed E-state index contributed by atoms with van der Waals surface area (Å²) in [5.41, 5.74) is 3.47. The van der Waals surface area contributed by atoms with E-state index in [1.807, 2.05) is 4.90 Å². The third kappa shape index (κ3) is 3.49. The number of benzene rings is 1. The van der Waals surface area contributed by atoms with E-state index in [-0.39, 0.29) is 24.0 Å². The lowest BCUT2D eigenvalue weighted by Crippen LogP contribution is -2.47. The molecule has 1 spiro atoms. The Morgan fingerprint density at radius 3 is 2.63 bits per heavy atom. The maximum absolute atomic E-state index is 12.7. The van der Waals surface area contributed by atoms with Crippen LogP contribution in [0.15, 0.2) is 48.8 Å². The van der Waals surface area contributed by atoms with E-state index in [9.17, 15) is 4.79 Å². The summed E-state index contributed by atoms with van der Waals surface area (Å²) in [6.07, 6.45) is 7.40. The number of carbonyl (C=O) groups excluding carboxylic acids is 1. The normalized spacial score (nSPS) is 21.1. The number of likely N-dealkylation sites (tertiary alicyclic amines) is 1. The van der Waals surface area contributed by atoms with Crippen molar-refractivity contribution in [2.45, 2.75) is 37.2 Å². The molecule has 5 nitrogen and oxygen atoms in total. The Morgan fingerprint density at radius 1 is 1.15 bits per heavy atom. The number of aliphatic hydroxyl groups is 1. The highest BCUT2D eigenvalue weighted by atomic mass is 16.5. The molecule has 0 radical (unpaired) electrons. The van der Waals surface area contributed by atoms with Gasteiger partial charge in [0.15, 0.2) is 0 Å². The Balaban J connectivity index is 1.51. The summed E-state index contributed by atoms with van der Waals surface area (Å²) in [5.74, 6) is 0.0977. The number of fused-ring (bicyclic) bond motifs is 2. The van der Waals surface area contributed by atoms with Crippen LogP contribution in [0.4, 0.5) is 0 Å². The molecule has 4 rings (SSSR count). The Hall–Kier alpha value is -2.24. The molecule has 2 aliphatic rings. The van der Waals surface area contributed by atoms with Crippen LogP contribution in [0.2, 0.25) is 0 Å². The van der Waals surface area contributed by atoms with Crippen molar-refractivity contribution < 1.29 is 14.6 Å². The molecule has 1 aliphatic heterocycles. The lowest BCUT2D eigenvalue weighted by molar-refractivity contribution is 0.00549. The standard InChI is InChI=1S/C22H26N2O3/c25-15-16-27-20-5-8-22(19-4-2-1-3-18(19)20)9-13-24(14-10-22)21(26)17-6-11-23-12-7-17/h1-4,6-7,11-12,20,25H,5,8-10,13-16H2. The van der Waals surface area contributed by atoms with Crippen molar-refractivity contribution in [1.82, 2.24) is 9.88 Å². The summed E-state index contributed by atoms with van der Waals surface area (Å²) >= 11 is 0. The van der Waals surface area contributed by atoms with Gasteiger partial charge in [-0.15, -0.1) is 0 Å². The first-order valence-electron chi connectivity index (χ1n) is 9.75. The van der Waals surface area contributed by atoms with Gasteiger partial charge in [-0.1, -0.05) is 24.3 Å². The van der Waals surface area contributed by atoms with Gasteiger partial charge in [0.25, 0.3) is 5.91 Å². The Bertz CT molecular complexity index is 785. The molecule has 142 valence electrons. The summed E-state index contributed by atoms with van der Waals surface area (Å²) in [7, 11) is 0.